The first-order chi connectivity index (χ1) is 6.96. The molecule has 1 atom stereocenters. The van der Waals surface area contributed by atoms with Gasteiger partial charge >= 0.3 is 0 Å². The van der Waals surface area contributed by atoms with Gasteiger partial charge in [0.15, 0.2) is 0 Å². The largest absolute Gasteiger partial charge is 0.512 e. The van der Waals surface area contributed by atoms with Gasteiger partial charge in [0, 0.05) is 6.42 Å². The van der Waals surface area contributed by atoms with E-state index in [4.69, 9.17) is 0 Å². The summed E-state index contributed by atoms with van der Waals surface area (Å²) in [5, 5.41) is 9.96. The number of aliphatic hydroxyl groups is 1. The fourth-order valence-corrected chi connectivity index (χ4v) is 1.96. The lowest BCUT2D eigenvalue weighted by molar-refractivity contribution is 0.141. The quantitative estimate of drug-likeness (QED) is 0.620. The van der Waals surface area contributed by atoms with E-state index in [9.17, 15) is 5.11 Å². The van der Waals surface area contributed by atoms with Gasteiger partial charge in [-0.3, -0.25) is 0 Å². The second kappa shape index (κ2) is 3.65. The van der Waals surface area contributed by atoms with Crippen molar-refractivity contribution in [2.24, 2.45) is 16.2 Å². The van der Waals surface area contributed by atoms with Crippen LogP contribution in [-0.4, -0.2) is 5.11 Å². The molecule has 1 unspecified atom stereocenters. The number of rotatable bonds is 0. The maximum atomic E-state index is 9.96. The van der Waals surface area contributed by atoms with Gasteiger partial charge in [-0.25, -0.2) is 0 Å². The highest BCUT2D eigenvalue weighted by molar-refractivity contribution is 5.34. The van der Waals surface area contributed by atoms with Crippen molar-refractivity contribution in [1.29, 1.82) is 0 Å². The first-order valence-corrected chi connectivity index (χ1v) is 6.09. The molecule has 0 spiro atoms. The number of allylic oxidation sites excluding steroid dienone is 4. The Kier molecular flexibility index (Phi) is 3.04. The molecule has 1 N–H and O–H groups in total. The third-order valence-electron chi connectivity index (χ3n) is 3.92. The Morgan fingerprint density at radius 1 is 1.12 bits per heavy atom. The van der Waals surface area contributed by atoms with Crippen molar-refractivity contribution in [2.45, 2.75) is 54.9 Å². The Balaban J connectivity index is 3.22. The SMILES string of the molecule is CC(C)(C)C1=CC(C)(C(C)(C)C)CC(O)=C1. The van der Waals surface area contributed by atoms with Crippen molar-refractivity contribution < 1.29 is 5.11 Å². The second-order valence-corrected chi connectivity index (χ2v) is 7.33. The molecule has 1 nitrogen and oxygen atoms in total. The van der Waals surface area contributed by atoms with Gasteiger partial charge in [-0.1, -0.05) is 54.5 Å². The standard InChI is InChI=1S/C15H26O/c1-13(2,3)11-8-12(16)10-15(7,9-11)14(4,5)6/h8-9,16H,10H2,1-7H3. The third-order valence-corrected chi connectivity index (χ3v) is 3.92. The molecule has 0 saturated heterocycles. The maximum Gasteiger partial charge on any atom is 0.0934 e. The average molecular weight is 222 g/mol. The van der Waals surface area contributed by atoms with Crippen molar-refractivity contribution >= 4 is 0 Å². The number of aliphatic hydroxyl groups excluding tert-OH is 1. The summed E-state index contributed by atoms with van der Waals surface area (Å²) in [7, 11) is 0. The molecule has 0 saturated carbocycles. The smallest absolute Gasteiger partial charge is 0.0934 e. The van der Waals surface area contributed by atoms with Crippen molar-refractivity contribution in [3.63, 3.8) is 0 Å². The van der Waals surface area contributed by atoms with E-state index in [0.29, 0.717) is 5.76 Å². The molecule has 0 aromatic rings. The zero-order valence-electron chi connectivity index (χ0n) is 11.8. The molecule has 0 heterocycles. The molecule has 0 aromatic carbocycles. The van der Waals surface area contributed by atoms with E-state index < -0.39 is 0 Å². The van der Waals surface area contributed by atoms with Crippen molar-refractivity contribution in [2.75, 3.05) is 0 Å². The minimum atomic E-state index is 0.0362. The molecule has 0 aromatic heterocycles. The van der Waals surface area contributed by atoms with Crippen LogP contribution in [0.25, 0.3) is 0 Å². The van der Waals surface area contributed by atoms with Gasteiger partial charge in [-0.2, -0.15) is 0 Å². The fraction of sp³-hybridized carbons (Fsp3) is 0.733. The van der Waals surface area contributed by atoms with Crippen LogP contribution in [0.5, 0.6) is 0 Å². The van der Waals surface area contributed by atoms with E-state index in [1.807, 2.05) is 6.08 Å². The van der Waals surface area contributed by atoms with Crippen molar-refractivity contribution in [3.05, 3.63) is 23.5 Å². The van der Waals surface area contributed by atoms with Crippen LogP contribution < -0.4 is 0 Å². The van der Waals surface area contributed by atoms with Crippen LogP contribution in [-0.2, 0) is 0 Å². The zero-order chi connectivity index (χ0) is 12.8. The van der Waals surface area contributed by atoms with Gasteiger partial charge in [-0.15, -0.1) is 0 Å². The van der Waals surface area contributed by atoms with E-state index in [2.05, 4.69) is 54.5 Å². The summed E-state index contributed by atoms with van der Waals surface area (Å²) in [6.07, 6.45) is 5.04. The molecule has 1 aliphatic carbocycles. The van der Waals surface area contributed by atoms with Crippen LogP contribution in [0.2, 0.25) is 0 Å². The van der Waals surface area contributed by atoms with Gasteiger partial charge in [-0.05, 0) is 27.9 Å². The van der Waals surface area contributed by atoms with Crippen molar-refractivity contribution in [1.82, 2.24) is 0 Å². The number of hydrogen-bond acceptors (Lipinski definition) is 1. The van der Waals surface area contributed by atoms with Crippen LogP contribution in [0.3, 0.4) is 0 Å². The Bertz CT molecular complexity index is 333. The highest BCUT2D eigenvalue weighted by atomic mass is 16.3. The topological polar surface area (TPSA) is 20.2 Å². The molecule has 1 rings (SSSR count). The van der Waals surface area contributed by atoms with Gasteiger partial charge in [0.05, 0.1) is 5.76 Å². The third kappa shape index (κ3) is 2.50. The summed E-state index contributed by atoms with van der Waals surface area (Å²) in [6.45, 7) is 15.5. The molecule has 0 radical (unpaired) electrons. The minimum Gasteiger partial charge on any atom is -0.512 e. The molecule has 0 bridgehead atoms. The van der Waals surface area contributed by atoms with Gasteiger partial charge in [0.25, 0.3) is 0 Å². The highest BCUT2D eigenvalue weighted by Gasteiger charge is 2.39. The molecular formula is C15H26O. The Morgan fingerprint density at radius 2 is 1.62 bits per heavy atom. The van der Waals surface area contributed by atoms with E-state index in [1.165, 1.54) is 5.57 Å². The predicted molar refractivity (Wildman–Crippen MR) is 70.4 cm³/mol. The van der Waals surface area contributed by atoms with Crippen LogP contribution in [0.15, 0.2) is 23.5 Å². The second-order valence-electron chi connectivity index (χ2n) is 7.33. The first-order valence-electron chi connectivity index (χ1n) is 6.09. The molecule has 16 heavy (non-hydrogen) atoms. The average Bonchev–Trinajstić information content (AvgIpc) is 1.98. The predicted octanol–water partition coefficient (Wildman–Crippen LogP) is 4.86. The molecule has 92 valence electrons. The minimum absolute atomic E-state index is 0.0362. The summed E-state index contributed by atoms with van der Waals surface area (Å²) in [6, 6.07) is 0. The van der Waals surface area contributed by atoms with Crippen LogP contribution in [0.4, 0.5) is 0 Å². The Labute approximate surface area is 100 Å². The number of hydrogen-bond donors (Lipinski definition) is 1. The lowest BCUT2D eigenvalue weighted by atomic mass is 9.62. The first kappa shape index (κ1) is 13.3. The summed E-state index contributed by atoms with van der Waals surface area (Å²) in [5.41, 5.74) is 1.54. The molecule has 0 fully saturated rings. The normalized spacial score (nSPS) is 27.4. The summed E-state index contributed by atoms with van der Waals surface area (Å²) in [4.78, 5) is 0. The van der Waals surface area contributed by atoms with Crippen LogP contribution >= 0.6 is 0 Å². The lowest BCUT2D eigenvalue weighted by Crippen LogP contribution is -2.34. The maximum absolute atomic E-state index is 9.96. The van der Waals surface area contributed by atoms with E-state index in [0.717, 1.165) is 6.42 Å². The van der Waals surface area contributed by atoms with E-state index in [-0.39, 0.29) is 16.2 Å². The molecule has 1 heteroatoms. The van der Waals surface area contributed by atoms with Crippen molar-refractivity contribution in [3.8, 4) is 0 Å². The molecule has 0 amide bonds. The summed E-state index contributed by atoms with van der Waals surface area (Å²) >= 11 is 0. The Morgan fingerprint density at radius 3 is 2.00 bits per heavy atom. The van der Waals surface area contributed by atoms with Crippen LogP contribution in [0.1, 0.15) is 54.9 Å². The van der Waals surface area contributed by atoms with Gasteiger partial charge in [0.1, 0.15) is 0 Å². The van der Waals surface area contributed by atoms with Crippen LogP contribution in [0, 0.1) is 16.2 Å². The zero-order valence-corrected chi connectivity index (χ0v) is 11.8. The summed E-state index contributed by atoms with van der Waals surface area (Å²) in [5.74, 6) is 0.518. The highest BCUT2D eigenvalue weighted by Crippen LogP contribution is 2.49. The van der Waals surface area contributed by atoms with E-state index >= 15 is 0 Å². The van der Waals surface area contributed by atoms with Gasteiger partial charge in [0.2, 0.25) is 0 Å². The molecular weight excluding hydrogens is 196 g/mol. The lowest BCUT2D eigenvalue weighted by Gasteiger charge is -2.43. The monoisotopic (exact) mass is 222 g/mol. The van der Waals surface area contributed by atoms with E-state index in [1.54, 1.807) is 0 Å². The fourth-order valence-electron chi connectivity index (χ4n) is 1.96. The summed E-state index contributed by atoms with van der Waals surface area (Å²) < 4.78 is 0. The Hall–Kier alpha value is -0.720. The molecule has 1 aliphatic rings. The van der Waals surface area contributed by atoms with Gasteiger partial charge < -0.3 is 5.11 Å². The molecule has 0 aliphatic heterocycles.